The third kappa shape index (κ3) is 2.75. The molecule has 0 saturated carbocycles. The van der Waals surface area contributed by atoms with Crippen molar-refractivity contribution in [3.05, 3.63) is 23.5 Å². The topological polar surface area (TPSA) is 29.3 Å². The highest BCUT2D eigenvalue weighted by molar-refractivity contribution is 7.15. The Bertz CT molecular complexity index is 471. The maximum atomic E-state index is 4.70. The molecule has 0 saturated heterocycles. The van der Waals surface area contributed by atoms with Crippen molar-refractivity contribution in [1.82, 2.24) is 14.7 Å². The number of thiazole rings is 1. The van der Waals surface area contributed by atoms with E-state index in [0.29, 0.717) is 5.92 Å². The van der Waals surface area contributed by atoms with Crippen molar-refractivity contribution in [1.29, 1.82) is 0 Å². The molecule has 2 aromatic rings. The lowest BCUT2D eigenvalue weighted by Crippen LogP contribution is -2.38. The summed E-state index contributed by atoms with van der Waals surface area (Å²) in [6, 6.07) is 0. The average molecular weight is 265 g/mol. The van der Waals surface area contributed by atoms with Gasteiger partial charge in [-0.25, -0.2) is 4.98 Å². The van der Waals surface area contributed by atoms with Gasteiger partial charge in [-0.15, -0.1) is 11.3 Å². The summed E-state index contributed by atoms with van der Waals surface area (Å²) in [5, 5.41) is 5.56. The van der Waals surface area contributed by atoms with Gasteiger partial charge in [-0.1, -0.05) is 27.7 Å². The third-order valence-corrected chi connectivity index (χ3v) is 4.67. The molecular weight excluding hydrogens is 242 g/mol. The number of fused-ring (bicyclic) bond motifs is 1. The van der Waals surface area contributed by atoms with Gasteiger partial charge in [0.1, 0.15) is 0 Å². The zero-order chi connectivity index (χ0) is 13.2. The molecule has 0 fully saturated rings. The molecule has 0 aromatic carbocycles. The highest BCUT2D eigenvalue weighted by Crippen LogP contribution is 2.30. The van der Waals surface area contributed by atoms with Gasteiger partial charge >= 0.3 is 0 Å². The quantitative estimate of drug-likeness (QED) is 0.869. The second-order valence-corrected chi connectivity index (χ2v) is 6.46. The lowest BCUT2D eigenvalue weighted by Gasteiger charge is -2.33. The molecule has 0 aliphatic carbocycles. The molecule has 0 radical (unpaired) electrons. The Morgan fingerprint density at radius 2 is 2.28 bits per heavy atom. The van der Waals surface area contributed by atoms with Crippen molar-refractivity contribution in [2.75, 3.05) is 13.1 Å². The molecule has 2 rings (SSSR count). The van der Waals surface area contributed by atoms with E-state index in [1.807, 2.05) is 0 Å². The van der Waals surface area contributed by atoms with E-state index in [9.17, 15) is 0 Å². The van der Waals surface area contributed by atoms with Gasteiger partial charge in [0.15, 0.2) is 4.96 Å². The summed E-state index contributed by atoms with van der Waals surface area (Å²) in [4.78, 5) is 5.80. The fourth-order valence-corrected chi connectivity index (χ4v) is 2.88. The van der Waals surface area contributed by atoms with Gasteiger partial charge in [-0.3, -0.25) is 4.40 Å². The summed E-state index contributed by atoms with van der Waals surface area (Å²) in [7, 11) is 0. The predicted molar refractivity (Wildman–Crippen MR) is 78.3 cm³/mol. The van der Waals surface area contributed by atoms with Crippen molar-refractivity contribution in [2.45, 2.75) is 34.1 Å². The van der Waals surface area contributed by atoms with Crippen molar-refractivity contribution >= 4 is 16.3 Å². The van der Waals surface area contributed by atoms with E-state index in [2.05, 4.69) is 55.2 Å². The Kier molecular flexibility index (Phi) is 4.07. The van der Waals surface area contributed by atoms with Gasteiger partial charge < -0.3 is 5.32 Å². The van der Waals surface area contributed by atoms with E-state index >= 15 is 0 Å². The predicted octanol–water partition coefficient (Wildman–Crippen LogP) is 3.21. The maximum absolute atomic E-state index is 4.70. The second-order valence-electron chi connectivity index (χ2n) is 5.59. The standard InChI is InChI=1S/C14H23N3S/c1-5-15-10-14(4,11(2)3)8-12-9-17-6-7-18-13(17)16-12/h6-7,9,11,15H,5,8,10H2,1-4H3. The summed E-state index contributed by atoms with van der Waals surface area (Å²) in [5.41, 5.74) is 1.47. The van der Waals surface area contributed by atoms with Crippen LogP contribution in [0.25, 0.3) is 4.96 Å². The number of imidazole rings is 1. The molecule has 18 heavy (non-hydrogen) atoms. The molecule has 1 atom stereocenters. The molecule has 0 bridgehead atoms. The summed E-state index contributed by atoms with van der Waals surface area (Å²) in [5.74, 6) is 0.635. The molecule has 0 amide bonds. The largest absolute Gasteiger partial charge is 0.316 e. The van der Waals surface area contributed by atoms with E-state index in [-0.39, 0.29) is 5.41 Å². The van der Waals surface area contributed by atoms with Crippen LogP contribution in [0.2, 0.25) is 0 Å². The minimum atomic E-state index is 0.264. The van der Waals surface area contributed by atoms with Crippen molar-refractivity contribution < 1.29 is 0 Å². The molecule has 0 aliphatic heterocycles. The molecule has 1 unspecified atom stereocenters. The van der Waals surface area contributed by atoms with E-state index < -0.39 is 0 Å². The fraction of sp³-hybridized carbons (Fsp3) is 0.643. The molecule has 1 N–H and O–H groups in total. The molecule has 2 heterocycles. The first kappa shape index (κ1) is 13.6. The average Bonchev–Trinajstić information content (AvgIpc) is 2.86. The van der Waals surface area contributed by atoms with Gasteiger partial charge in [0.25, 0.3) is 0 Å². The number of aromatic nitrogens is 2. The fourth-order valence-electron chi connectivity index (χ4n) is 2.16. The van der Waals surface area contributed by atoms with Crippen LogP contribution in [0.5, 0.6) is 0 Å². The number of nitrogens with zero attached hydrogens (tertiary/aromatic N) is 2. The van der Waals surface area contributed by atoms with E-state index in [0.717, 1.165) is 24.5 Å². The normalized spacial score (nSPS) is 15.4. The van der Waals surface area contributed by atoms with Crippen LogP contribution in [0, 0.1) is 11.3 Å². The molecule has 3 nitrogen and oxygen atoms in total. The molecule has 0 spiro atoms. The summed E-state index contributed by atoms with van der Waals surface area (Å²) in [6.45, 7) is 11.2. The van der Waals surface area contributed by atoms with Crippen LogP contribution in [0.3, 0.4) is 0 Å². The Morgan fingerprint density at radius 1 is 1.50 bits per heavy atom. The van der Waals surface area contributed by atoms with Gasteiger partial charge in [-0.05, 0) is 24.3 Å². The van der Waals surface area contributed by atoms with Crippen LogP contribution in [-0.2, 0) is 6.42 Å². The molecule has 100 valence electrons. The van der Waals surface area contributed by atoms with Crippen LogP contribution in [0.15, 0.2) is 17.8 Å². The van der Waals surface area contributed by atoms with Crippen LogP contribution in [0.1, 0.15) is 33.4 Å². The van der Waals surface area contributed by atoms with Crippen molar-refractivity contribution in [3.63, 3.8) is 0 Å². The first-order chi connectivity index (χ1) is 8.55. The first-order valence-electron chi connectivity index (χ1n) is 6.67. The summed E-state index contributed by atoms with van der Waals surface area (Å²) in [6.07, 6.45) is 5.28. The monoisotopic (exact) mass is 265 g/mol. The zero-order valence-electron chi connectivity index (χ0n) is 11.7. The van der Waals surface area contributed by atoms with Crippen LogP contribution in [-0.4, -0.2) is 22.5 Å². The Labute approximate surface area is 113 Å². The maximum Gasteiger partial charge on any atom is 0.193 e. The highest BCUT2D eigenvalue weighted by Gasteiger charge is 2.29. The van der Waals surface area contributed by atoms with Crippen molar-refractivity contribution in [3.8, 4) is 0 Å². The lowest BCUT2D eigenvalue weighted by molar-refractivity contribution is 0.207. The minimum absolute atomic E-state index is 0.264. The Balaban J connectivity index is 2.15. The van der Waals surface area contributed by atoms with Crippen molar-refractivity contribution in [2.24, 2.45) is 11.3 Å². The zero-order valence-corrected chi connectivity index (χ0v) is 12.5. The molecule has 4 heteroatoms. The van der Waals surface area contributed by atoms with Crippen LogP contribution < -0.4 is 5.32 Å². The summed E-state index contributed by atoms with van der Waals surface area (Å²) >= 11 is 1.70. The second kappa shape index (κ2) is 5.41. The van der Waals surface area contributed by atoms with Crippen LogP contribution in [0.4, 0.5) is 0 Å². The molecular formula is C14H23N3S. The van der Waals surface area contributed by atoms with E-state index in [1.165, 1.54) is 5.69 Å². The number of nitrogens with one attached hydrogen (secondary N) is 1. The van der Waals surface area contributed by atoms with E-state index in [4.69, 9.17) is 4.98 Å². The number of rotatable bonds is 6. The minimum Gasteiger partial charge on any atom is -0.316 e. The van der Waals surface area contributed by atoms with Gasteiger partial charge in [-0.2, -0.15) is 0 Å². The number of hydrogen-bond acceptors (Lipinski definition) is 3. The molecule has 2 aromatic heterocycles. The SMILES string of the molecule is CCNCC(C)(Cc1cn2ccsc2n1)C(C)C. The van der Waals surface area contributed by atoms with Gasteiger partial charge in [0.2, 0.25) is 0 Å². The number of hydrogen-bond donors (Lipinski definition) is 1. The smallest absolute Gasteiger partial charge is 0.193 e. The highest BCUT2D eigenvalue weighted by atomic mass is 32.1. The molecule has 0 aliphatic rings. The third-order valence-electron chi connectivity index (χ3n) is 3.90. The Morgan fingerprint density at radius 3 is 2.89 bits per heavy atom. The lowest BCUT2D eigenvalue weighted by atomic mass is 9.75. The van der Waals surface area contributed by atoms with Gasteiger partial charge in [0, 0.05) is 24.3 Å². The van der Waals surface area contributed by atoms with E-state index in [1.54, 1.807) is 11.3 Å². The Hall–Kier alpha value is -0.870. The summed E-state index contributed by atoms with van der Waals surface area (Å²) < 4.78 is 2.12. The van der Waals surface area contributed by atoms with Crippen LogP contribution >= 0.6 is 11.3 Å². The first-order valence-corrected chi connectivity index (χ1v) is 7.55. The van der Waals surface area contributed by atoms with Gasteiger partial charge in [0.05, 0.1) is 5.69 Å².